The Morgan fingerprint density at radius 1 is 1.11 bits per heavy atom. The lowest BCUT2D eigenvalue weighted by Gasteiger charge is -2.36. The lowest BCUT2D eigenvalue weighted by atomic mass is 9.78. The second-order valence-corrected chi connectivity index (χ2v) is 9.05. The first-order chi connectivity index (χ1) is 17.0. The van der Waals surface area contributed by atoms with E-state index in [9.17, 15) is 9.59 Å². The van der Waals surface area contributed by atoms with Gasteiger partial charge in [-0.25, -0.2) is 0 Å². The molecule has 184 valence electrons. The van der Waals surface area contributed by atoms with E-state index >= 15 is 0 Å². The Labute approximate surface area is 208 Å². The minimum atomic E-state index is -0.295. The normalized spacial score (nSPS) is 19.6. The van der Waals surface area contributed by atoms with E-state index in [0.29, 0.717) is 42.9 Å². The Morgan fingerprint density at radius 2 is 1.91 bits per heavy atom. The summed E-state index contributed by atoms with van der Waals surface area (Å²) in [6.45, 7) is 3.85. The summed E-state index contributed by atoms with van der Waals surface area (Å²) in [5.74, 6) is 0.810. The van der Waals surface area contributed by atoms with Crippen molar-refractivity contribution in [3.63, 3.8) is 0 Å². The van der Waals surface area contributed by atoms with Crippen molar-refractivity contribution in [2.24, 2.45) is 0 Å². The topological polar surface area (TPSA) is 99.6 Å². The number of hydrogen-bond acceptors (Lipinski definition) is 8. The first-order valence-corrected chi connectivity index (χ1v) is 12.5. The number of amides is 1. The standard InChI is InChI=1S/C26H29N3O5S/c1-4-33-25-13-19(9-12-24(25)32-3)21-14-20(34-16(2)30)10-11-22(21)27-26(31)18-7-5-17(6-8-18)23-15-35-29-28-23/h5-9,12-13,15,20-22H,4,10-11,14H2,1-3H3,(H,27,31). The maximum Gasteiger partial charge on any atom is 0.302 e. The molecule has 4 rings (SSSR count). The highest BCUT2D eigenvalue weighted by molar-refractivity contribution is 7.03. The van der Waals surface area contributed by atoms with Gasteiger partial charge in [0.1, 0.15) is 11.8 Å². The molecule has 0 radical (unpaired) electrons. The van der Waals surface area contributed by atoms with Crippen molar-refractivity contribution < 1.29 is 23.8 Å². The van der Waals surface area contributed by atoms with Gasteiger partial charge in [0.15, 0.2) is 11.5 Å². The van der Waals surface area contributed by atoms with Crippen LogP contribution in [0.4, 0.5) is 0 Å². The van der Waals surface area contributed by atoms with Crippen LogP contribution in [0.3, 0.4) is 0 Å². The molecule has 3 aromatic rings. The fraction of sp³-hybridized carbons (Fsp3) is 0.385. The summed E-state index contributed by atoms with van der Waals surface area (Å²) in [5, 5.41) is 9.15. The Morgan fingerprint density at radius 3 is 2.57 bits per heavy atom. The van der Waals surface area contributed by atoms with Gasteiger partial charge < -0.3 is 19.5 Å². The Balaban J connectivity index is 1.55. The van der Waals surface area contributed by atoms with E-state index in [1.807, 2.05) is 42.6 Å². The molecular weight excluding hydrogens is 466 g/mol. The van der Waals surface area contributed by atoms with Crippen LogP contribution >= 0.6 is 11.5 Å². The van der Waals surface area contributed by atoms with Gasteiger partial charge in [-0.2, -0.15) is 0 Å². The minimum absolute atomic E-state index is 0.0532. The number of benzene rings is 2. The first kappa shape index (κ1) is 24.7. The van der Waals surface area contributed by atoms with E-state index in [-0.39, 0.29) is 29.9 Å². The number of carbonyl (C=O) groups excluding carboxylic acids is 2. The Bertz CT molecular complexity index is 1150. The van der Waals surface area contributed by atoms with Crippen molar-refractivity contribution in [1.82, 2.24) is 14.9 Å². The summed E-state index contributed by atoms with van der Waals surface area (Å²) in [7, 11) is 1.61. The van der Waals surface area contributed by atoms with Gasteiger partial charge in [0.2, 0.25) is 0 Å². The largest absolute Gasteiger partial charge is 0.493 e. The fourth-order valence-electron chi connectivity index (χ4n) is 4.54. The zero-order chi connectivity index (χ0) is 24.8. The lowest BCUT2D eigenvalue weighted by Crippen LogP contribution is -2.44. The summed E-state index contributed by atoms with van der Waals surface area (Å²) in [4.78, 5) is 24.7. The molecule has 8 nitrogen and oxygen atoms in total. The summed E-state index contributed by atoms with van der Waals surface area (Å²) < 4.78 is 20.6. The molecule has 3 atom stereocenters. The monoisotopic (exact) mass is 495 g/mol. The van der Waals surface area contributed by atoms with E-state index in [1.54, 1.807) is 19.2 Å². The van der Waals surface area contributed by atoms with Crippen molar-refractivity contribution in [3.8, 4) is 22.8 Å². The number of hydrogen-bond donors (Lipinski definition) is 1. The number of rotatable bonds is 8. The smallest absolute Gasteiger partial charge is 0.302 e. The molecule has 1 heterocycles. The SMILES string of the molecule is CCOc1cc(C2CC(OC(C)=O)CCC2NC(=O)c2ccc(-c3csnn3)cc2)ccc1OC. The molecule has 1 aromatic heterocycles. The third kappa shape index (κ3) is 5.97. The van der Waals surface area contributed by atoms with Crippen LogP contribution in [0.25, 0.3) is 11.3 Å². The van der Waals surface area contributed by atoms with Crippen LogP contribution in [0.2, 0.25) is 0 Å². The summed E-state index contributed by atoms with van der Waals surface area (Å²) in [6.07, 6.45) is 1.78. The van der Waals surface area contributed by atoms with E-state index in [2.05, 4.69) is 14.9 Å². The summed E-state index contributed by atoms with van der Waals surface area (Å²) >= 11 is 1.29. The van der Waals surface area contributed by atoms with Crippen LogP contribution in [0.15, 0.2) is 47.8 Å². The van der Waals surface area contributed by atoms with Crippen molar-refractivity contribution in [1.29, 1.82) is 0 Å². The average molecular weight is 496 g/mol. The predicted molar refractivity (Wildman–Crippen MR) is 133 cm³/mol. The molecule has 0 saturated heterocycles. The van der Waals surface area contributed by atoms with E-state index in [1.165, 1.54) is 18.5 Å². The Hall–Kier alpha value is -3.46. The van der Waals surface area contributed by atoms with Gasteiger partial charge in [0.05, 0.1) is 13.7 Å². The van der Waals surface area contributed by atoms with E-state index < -0.39 is 0 Å². The zero-order valence-corrected chi connectivity index (χ0v) is 20.8. The quantitative estimate of drug-likeness (QED) is 0.456. The molecule has 1 aliphatic rings. The molecule has 1 amide bonds. The molecule has 0 bridgehead atoms. The lowest BCUT2D eigenvalue weighted by molar-refractivity contribution is -0.148. The predicted octanol–water partition coefficient (Wildman–Crippen LogP) is 4.61. The fourth-order valence-corrected chi connectivity index (χ4v) is 5.01. The minimum Gasteiger partial charge on any atom is -0.493 e. The van der Waals surface area contributed by atoms with Gasteiger partial charge in [-0.15, -0.1) is 5.10 Å². The maximum absolute atomic E-state index is 13.1. The highest BCUT2D eigenvalue weighted by Crippen LogP contribution is 2.39. The second-order valence-electron chi connectivity index (χ2n) is 8.44. The highest BCUT2D eigenvalue weighted by atomic mass is 32.1. The van der Waals surface area contributed by atoms with Gasteiger partial charge in [0.25, 0.3) is 5.91 Å². The number of methoxy groups -OCH3 is 1. The van der Waals surface area contributed by atoms with Gasteiger partial charge >= 0.3 is 5.97 Å². The maximum atomic E-state index is 13.1. The number of nitrogens with one attached hydrogen (secondary N) is 1. The number of aromatic nitrogens is 2. The van der Waals surface area contributed by atoms with Crippen molar-refractivity contribution in [3.05, 3.63) is 59.0 Å². The van der Waals surface area contributed by atoms with Gasteiger partial charge in [-0.1, -0.05) is 22.7 Å². The summed E-state index contributed by atoms with van der Waals surface area (Å²) in [5.41, 5.74) is 3.28. The average Bonchev–Trinajstić information content (AvgIpc) is 3.40. The third-order valence-electron chi connectivity index (χ3n) is 6.17. The van der Waals surface area contributed by atoms with Crippen LogP contribution < -0.4 is 14.8 Å². The van der Waals surface area contributed by atoms with E-state index in [0.717, 1.165) is 16.8 Å². The van der Waals surface area contributed by atoms with Crippen LogP contribution in [0.5, 0.6) is 11.5 Å². The number of esters is 1. The van der Waals surface area contributed by atoms with Crippen molar-refractivity contribution >= 4 is 23.4 Å². The number of ether oxygens (including phenoxy) is 3. The van der Waals surface area contributed by atoms with Crippen LogP contribution in [0.1, 0.15) is 54.9 Å². The molecule has 9 heteroatoms. The summed E-state index contributed by atoms with van der Waals surface area (Å²) in [6, 6.07) is 13.0. The molecular formula is C26H29N3O5S. The molecule has 1 N–H and O–H groups in total. The molecule has 35 heavy (non-hydrogen) atoms. The van der Waals surface area contributed by atoms with E-state index in [4.69, 9.17) is 14.2 Å². The third-order valence-corrected chi connectivity index (χ3v) is 6.67. The van der Waals surface area contributed by atoms with Crippen LogP contribution in [-0.2, 0) is 9.53 Å². The van der Waals surface area contributed by atoms with Crippen LogP contribution in [0, 0.1) is 0 Å². The second kappa shape index (κ2) is 11.3. The van der Waals surface area contributed by atoms with Gasteiger partial charge in [0, 0.05) is 35.4 Å². The molecule has 0 spiro atoms. The van der Waals surface area contributed by atoms with Crippen molar-refractivity contribution in [2.75, 3.05) is 13.7 Å². The van der Waals surface area contributed by atoms with Gasteiger partial charge in [-0.05, 0) is 67.5 Å². The molecule has 1 aliphatic carbocycles. The number of nitrogens with zero attached hydrogens (tertiary/aromatic N) is 2. The molecule has 2 aromatic carbocycles. The molecule has 1 fully saturated rings. The van der Waals surface area contributed by atoms with Crippen molar-refractivity contribution in [2.45, 2.75) is 51.2 Å². The molecule has 1 saturated carbocycles. The molecule has 0 aliphatic heterocycles. The highest BCUT2D eigenvalue weighted by Gasteiger charge is 2.34. The molecule has 3 unspecified atom stereocenters. The van der Waals surface area contributed by atoms with Gasteiger partial charge in [-0.3, -0.25) is 9.59 Å². The zero-order valence-electron chi connectivity index (χ0n) is 20.0. The van der Waals surface area contributed by atoms with Crippen LogP contribution in [-0.4, -0.2) is 47.3 Å². The number of carbonyl (C=O) groups is 2. The Kier molecular flexibility index (Phi) is 7.97. The first-order valence-electron chi connectivity index (χ1n) is 11.6.